The Hall–Kier alpha value is -2.61. The van der Waals surface area contributed by atoms with Gasteiger partial charge in [-0.2, -0.15) is 10.1 Å². The molecule has 0 amide bonds. The maximum absolute atomic E-state index is 6.01. The quantitative estimate of drug-likeness (QED) is 0.670. The van der Waals surface area contributed by atoms with Crippen LogP contribution in [0.1, 0.15) is 37.3 Å². The minimum absolute atomic E-state index is 0.274. The Morgan fingerprint density at radius 1 is 1.20 bits per heavy atom. The van der Waals surface area contributed by atoms with E-state index in [0.29, 0.717) is 23.3 Å². The van der Waals surface area contributed by atoms with Crippen molar-refractivity contribution >= 4 is 28.7 Å². The number of nitrogens with one attached hydrogen (secondary N) is 2. The highest BCUT2D eigenvalue weighted by Gasteiger charge is 2.26. The SMILES string of the molecule is NC1CCN(c2nc(Nc3cc(C4CC4)[nH]n3)c3occc3n2)CC1. The maximum atomic E-state index is 6.01. The van der Waals surface area contributed by atoms with Crippen LogP contribution in [-0.4, -0.2) is 39.3 Å². The second kappa shape index (κ2) is 5.73. The van der Waals surface area contributed by atoms with E-state index in [-0.39, 0.29) is 6.04 Å². The van der Waals surface area contributed by atoms with Crippen LogP contribution in [0.4, 0.5) is 17.6 Å². The van der Waals surface area contributed by atoms with Crippen molar-refractivity contribution in [2.75, 3.05) is 23.3 Å². The van der Waals surface area contributed by atoms with Crippen molar-refractivity contribution < 1.29 is 4.42 Å². The van der Waals surface area contributed by atoms with Gasteiger partial charge in [0.25, 0.3) is 0 Å². The Morgan fingerprint density at radius 2 is 2.04 bits per heavy atom. The standard InChI is InChI=1S/C17H21N7O/c18-11-3-6-24(7-4-11)17-19-12-5-8-25-15(12)16(21-17)20-14-9-13(22-23-14)10-1-2-10/h5,8-11H,1-4,6-7,18H2,(H2,19,20,21,22,23). The summed E-state index contributed by atoms with van der Waals surface area (Å²) < 4.78 is 5.58. The van der Waals surface area contributed by atoms with Gasteiger partial charge in [-0.3, -0.25) is 5.10 Å². The van der Waals surface area contributed by atoms with Gasteiger partial charge in [0.2, 0.25) is 5.95 Å². The number of rotatable bonds is 4. The number of nitrogens with zero attached hydrogens (tertiary/aromatic N) is 4. The molecule has 5 rings (SSSR count). The number of fused-ring (bicyclic) bond motifs is 1. The summed E-state index contributed by atoms with van der Waals surface area (Å²) in [7, 11) is 0. The van der Waals surface area contributed by atoms with E-state index in [1.54, 1.807) is 6.26 Å². The molecule has 1 saturated carbocycles. The van der Waals surface area contributed by atoms with Gasteiger partial charge in [-0.1, -0.05) is 0 Å². The van der Waals surface area contributed by atoms with Crippen LogP contribution in [0.5, 0.6) is 0 Å². The Kier molecular flexibility index (Phi) is 3.37. The molecule has 0 radical (unpaired) electrons. The highest BCUT2D eigenvalue weighted by molar-refractivity contribution is 5.86. The Morgan fingerprint density at radius 3 is 2.84 bits per heavy atom. The van der Waals surface area contributed by atoms with Gasteiger partial charge >= 0.3 is 0 Å². The monoisotopic (exact) mass is 339 g/mol. The van der Waals surface area contributed by atoms with Gasteiger partial charge in [0.05, 0.1) is 6.26 Å². The molecule has 2 fully saturated rings. The van der Waals surface area contributed by atoms with Crippen molar-refractivity contribution in [1.82, 2.24) is 20.2 Å². The first kappa shape index (κ1) is 14.7. The van der Waals surface area contributed by atoms with Crippen LogP contribution in [0.15, 0.2) is 22.8 Å². The fraction of sp³-hybridized carbons (Fsp3) is 0.471. The second-order valence-electron chi connectivity index (χ2n) is 6.94. The van der Waals surface area contributed by atoms with Crippen molar-refractivity contribution in [2.24, 2.45) is 5.73 Å². The van der Waals surface area contributed by atoms with Crippen LogP contribution in [-0.2, 0) is 0 Å². The molecule has 0 aromatic carbocycles. The summed E-state index contributed by atoms with van der Waals surface area (Å²) in [4.78, 5) is 11.5. The molecule has 1 aliphatic heterocycles. The first-order chi connectivity index (χ1) is 12.3. The van der Waals surface area contributed by atoms with Crippen molar-refractivity contribution in [2.45, 2.75) is 37.6 Å². The topological polar surface area (TPSA) is 109 Å². The first-order valence-electron chi connectivity index (χ1n) is 8.84. The van der Waals surface area contributed by atoms with Gasteiger partial charge in [-0.05, 0) is 25.7 Å². The van der Waals surface area contributed by atoms with Gasteiger partial charge in [0.1, 0.15) is 5.52 Å². The van der Waals surface area contributed by atoms with E-state index in [4.69, 9.17) is 15.1 Å². The zero-order chi connectivity index (χ0) is 16.8. The summed E-state index contributed by atoms with van der Waals surface area (Å²) in [6, 6.07) is 4.19. The molecular weight excluding hydrogens is 318 g/mol. The van der Waals surface area contributed by atoms with E-state index >= 15 is 0 Å². The molecule has 0 unspecified atom stereocenters. The van der Waals surface area contributed by atoms with Gasteiger partial charge in [-0.15, -0.1) is 0 Å². The van der Waals surface area contributed by atoms with Gasteiger partial charge < -0.3 is 20.4 Å². The Labute approximate surface area is 144 Å². The molecule has 0 bridgehead atoms. The van der Waals surface area contributed by atoms with E-state index < -0.39 is 0 Å². The van der Waals surface area contributed by atoms with E-state index in [1.165, 1.54) is 18.5 Å². The van der Waals surface area contributed by atoms with Crippen LogP contribution >= 0.6 is 0 Å². The maximum Gasteiger partial charge on any atom is 0.228 e. The number of furan rings is 1. The molecule has 0 atom stereocenters. The third-order valence-electron chi connectivity index (χ3n) is 4.98. The van der Waals surface area contributed by atoms with Crippen LogP contribution < -0.4 is 16.0 Å². The number of aromatic amines is 1. The number of hydrogen-bond acceptors (Lipinski definition) is 7. The molecule has 3 aromatic rings. The molecular formula is C17H21N7O. The Bertz CT molecular complexity index is 889. The number of aromatic nitrogens is 4. The molecule has 25 heavy (non-hydrogen) atoms. The molecule has 0 spiro atoms. The number of nitrogens with two attached hydrogens (primary N) is 1. The van der Waals surface area contributed by atoms with Gasteiger partial charge in [0, 0.05) is 42.9 Å². The molecule has 8 nitrogen and oxygen atoms in total. The molecule has 1 saturated heterocycles. The third-order valence-corrected chi connectivity index (χ3v) is 4.98. The number of H-pyrrole nitrogens is 1. The minimum Gasteiger partial charge on any atom is -0.459 e. The fourth-order valence-electron chi connectivity index (χ4n) is 3.30. The molecule has 4 heterocycles. The lowest BCUT2D eigenvalue weighted by Gasteiger charge is -2.30. The molecule has 3 aromatic heterocycles. The van der Waals surface area contributed by atoms with Crippen LogP contribution in [0.2, 0.25) is 0 Å². The van der Waals surface area contributed by atoms with Gasteiger partial charge in [-0.25, -0.2) is 4.98 Å². The normalized spacial score (nSPS) is 18.8. The summed E-state index contributed by atoms with van der Waals surface area (Å²) in [5.74, 6) is 2.74. The molecule has 8 heteroatoms. The van der Waals surface area contributed by atoms with Crippen molar-refractivity contribution in [1.29, 1.82) is 0 Å². The highest BCUT2D eigenvalue weighted by Crippen LogP contribution is 2.40. The highest BCUT2D eigenvalue weighted by atomic mass is 16.3. The zero-order valence-corrected chi connectivity index (χ0v) is 13.9. The molecule has 1 aliphatic carbocycles. The lowest BCUT2D eigenvalue weighted by molar-refractivity contribution is 0.496. The van der Waals surface area contributed by atoms with Gasteiger partial charge in [0.15, 0.2) is 17.2 Å². The van der Waals surface area contributed by atoms with Crippen molar-refractivity contribution in [3.63, 3.8) is 0 Å². The van der Waals surface area contributed by atoms with E-state index in [2.05, 4.69) is 25.4 Å². The summed E-state index contributed by atoms with van der Waals surface area (Å²) in [6.07, 6.45) is 6.03. The molecule has 2 aliphatic rings. The average Bonchev–Trinajstić information content (AvgIpc) is 3.17. The van der Waals surface area contributed by atoms with E-state index in [1.807, 2.05) is 12.1 Å². The van der Waals surface area contributed by atoms with Crippen LogP contribution in [0.25, 0.3) is 11.1 Å². The predicted octanol–water partition coefficient (Wildman–Crippen LogP) is 2.49. The molecule has 4 N–H and O–H groups in total. The van der Waals surface area contributed by atoms with Crippen LogP contribution in [0.3, 0.4) is 0 Å². The second-order valence-corrected chi connectivity index (χ2v) is 6.94. The average molecular weight is 339 g/mol. The smallest absolute Gasteiger partial charge is 0.228 e. The largest absolute Gasteiger partial charge is 0.459 e. The lowest BCUT2D eigenvalue weighted by Crippen LogP contribution is -2.40. The number of anilines is 3. The van der Waals surface area contributed by atoms with E-state index in [9.17, 15) is 0 Å². The van der Waals surface area contributed by atoms with E-state index in [0.717, 1.165) is 37.3 Å². The summed E-state index contributed by atoms with van der Waals surface area (Å²) in [5.41, 5.74) is 8.62. The summed E-state index contributed by atoms with van der Waals surface area (Å²) >= 11 is 0. The lowest BCUT2D eigenvalue weighted by atomic mass is 10.1. The third kappa shape index (κ3) is 2.82. The predicted molar refractivity (Wildman–Crippen MR) is 95.1 cm³/mol. The van der Waals surface area contributed by atoms with Crippen molar-refractivity contribution in [3.05, 3.63) is 24.1 Å². The summed E-state index contributed by atoms with van der Waals surface area (Å²) in [6.45, 7) is 1.75. The minimum atomic E-state index is 0.274. The molecule has 130 valence electrons. The van der Waals surface area contributed by atoms with Crippen LogP contribution in [0, 0.1) is 0 Å². The number of piperidine rings is 1. The van der Waals surface area contributed by atoms with Crippen molar-refractivity contribution in [3.8, 4) is 0 Å². The summed E-state index contributed by atoms with van der Waals surface area (Å²) in [5, 5.41) is 10.7. The number of hydrogen-bond donors (Lipinski definition) is 3. The fourth-order valence-corrected chi connectivity index (χ4v) is 3.30. The Balaban J connectivity index is 1.46. The first-order valence-corrected chi connectivity index (χ1v) is 8.84. The zero-order valence-electron chi connectivity index (χ0n) is 13.9.